The Balaban J connectivity index is 2.16. The van der Waals surface area contributed by atoms with Crippen LogP contribution in [0.3, 0.4) is 0 Å². The molecular formula is C19H29N5O. The average molecular weight is 343 g/mol. The van der Waals surface area contributed by atoms with Gasteiger partial charge in [-0.2, -0.15) is 5.10 Å². The Morgan fingerprint density at radius 2 is 2.04 bits per heavy atom. The zero-order chi connectivity index (χ0) is 18.4. The number of carbonyl (C=O) groups is 1. The second kappa shape index (κ2) is 8.74. The highest BCUT2D eigenvalue weighted by Crippen LogP contribution is 2.27. The lowest BCUT2D eigenvalue weighted by molar-refractivity contribution is 0.0975. The minimum absolute atomic E-state index is 0.165. The van der Waals surface area contributed by atoms with E-state index in [-0.39, 0.29) is 11.8 Å². The molecule has 0 aliphatic carbocycles. The van der Waals surface area contributed by atoms with Gasteiger partial charge < -0.3 is 5.32 Å². The van der Waals surface area contributed by atoms with Crippen molar-refractivity contribution in [1.29, 1.82) is 0 Å². The van der Waals surface area contributed by atoms with Crippen molar-refractivity contribution in [3.8, 4) is 0 Å². The maximum Gasteiger partial charge on any atom is 0.259 e. The Hall–Kier alpha value is -2.24. The van der Waals surface area contributed by atoms with Crippen LogP contribution in [0.4, 0.5) is 0 Å². The number of nitrogens with zero attached hydrogens (tertiary/aromatic N) is 4. The molecule has 2 heterocycles. The van der Waals surface area contributed by atoms with E-state index in [4.69, 9.17) is 5.10 Å². The van der Waals surface area contributed by atoms with Crippen molar-refractivity contribution in [2.24, 2.45) is 22.9 Å². The molecule has 1 aliphatic rings. The van der Waals surface area contributed by atoms with Crippen molar-refractivity contribution >= 4 is 11.7 Å². The molecule has 1 aliphatic heterocycles. The van der Waals surface area contributed by atoms with Crippen molar-refractivity contribution < 1.29 is 4.79 Å². The van der Waals surface area contributed by atoms with Crippen LogP contribution in [0.2, 0.25) is 0 Å². The number of aromatic nitrogens is 2. The predicted octanol–water partition coefficient (Wildman–Crippen LogP) is 3.45. The molecule has 1 N–H and O–H groups in total. The summed E-state index contributed by atoms with van der Waals surface area (Å²) in [7, 11) is 0. The van der Waals surface area contributed by atoms with Gasteiger partial charge in [-0.15, -0.1) is 0 Å². The van der Waals surface area contributed by atoms with Crippen LogP contribution in [0.1, 0.15) is 57.8 Å². The Morgan fingerprint density at radius 3 is 2.64 bits per heavy atom. The van der Waals surface area contributed by atoms with Crippen molar-refractivity contribution in [2.75, 3.05) is 6.54 Å². The fourth-order valence-corrected chi connectivity index (χ4v) is 2.96. The van der Waals surface area contributed by atoms with E-state index in [9.17, 15) is 4.79 Å². The lowest BCUT2D eigenvalue weighted by Crippen LogP contribution is -2.33. The van der Waals surface area contributed by atoms with Crippen LogP contribution in [-0.2, 0) is 0 Å². The van der Waals surface area contributed by atoms with E-state index >= 15 is 0 Å². The standard InChI is InChI=1S/C19H29N5O/c1-6-7-14(4)17(8-13(2)3)24-11-15(5)18(23-24)22-19(25)16-9-20-12-21-10-16/h8-10,12-15H,6-7,11H2,1-5H3,(H,22,23,25)/b17-8+/t14-,15+/m1/s1. The van der Waals surface area contributed by atoms with Crippen LogP contribution >= 0.6 is 0 Å². The van der Waals surface area contributed by atoms with Gasteiger partial charge in [-0.3, -0.25) is 9.80 Å². The van der Waals surface area contributed by atoms with Gasteiger partial charge >= 0.3 is 0 Å². The monoisotopic (exact) mass is 343 g/mol. The number of amides is 1. The largest absolute Gasteiger partial charge is 0.308 e. The minimum atomic E-state index is -0.218. The Kier molecular flexibility index (Phi) is 6.67. The molecule has 0 radical (unpaired) electrons. The molecule has 1 aromatic heterocycles. The summed E-state index contributed by atoms with van der Waals surface area (Å²) in [5.41, 5.74) is 1.68. The fraction of sp³-hybridized carbons (Fsp3) is 0.579. The van der Waals surface area contributed by atoms with Crippen LogP contribution in [0.15, 0.2) is 35.6 Å². The molecular weight excluding hydrogens is 314 g/mol. The zero-order valence-electron chi connectivity index (χ0n) is 15.9. The van der Waals surface area contributed by atoms with Gasteiger partial charge in [0.1, 0.15) is 12.2 Å². The van der Waals surface area contributed by atoms with E-state index in [0.29, 0.717) is 23.2 Å². The number of allylic oxidation sites excluding steroid dienone is 2. The molecule has 0 unspecified atom stereocenters. The summed E-state index contributed by atoms with van der Waals surface area (Å²) in [4.78, 5) is 20.1. The summed E-state index contributed by atoms with van der Waals surface area (Å²) in [6, 6.07) is 0. The summed E-state index contributed by atoms with van der Waals surface area (Å²) in [5, 5.41) is 9.67. The van der Waals surface area contributed by atoms with Crippen LogP contribution in [0, 0.1) is 17.8 Å². The minimum Gasteiger partial charge on any atom is -0.308 e. The summed E-state index contributed by atoms with van der Waals surface area (Å²) < 4.78 is 0. The number of hydrazone groups is 1. The molecule has 25 heavy (non-hydrogen) atoms. The zero-order valence-corrected chi connectivity index (χ0v) is 15.9. The second-order valence-electron chi connectivity index (χ2n) is 7.07. The number of hydrogen-bond donors (Lipinski definition) is 1. The molecule has 2 rings (SSSR count). The molecule has 0 spiro atoms. The fourth-order valence-electron chi connectivity index (χ4n) is 2.96. The van der Waals surface area contributed by atoms with E-state index in [1.807, 2.05) is 0 Å². The summed E-state index contributed by atoms with van der Waals surface area (Å²) in [5.74, 6) is 1.55. The molecule has 1 amide bonds. The molecule has 0 saturated carbocycles. The Labute approximate surface area is 150 Å². The van der Waals surface area contributed by atoms with Crippen LogP contribution in [0.5, 0.6) is 0 Å². The first-order valence-corrected chi connectivity index (χ1v) is 9.06. The van der Waals surface area contributed by atoms with Crippen LogP contribution in [0.25, 0.3) is 0 Å². The van der Waals surface area contributed by atoms with Gasteiger partial charge in [0, 0.05) is 24.0 Å². The molecule has 6 heteroatoms. The number of amidine groups is 1. The third-order valence-corrected chi connectivity index (χ3v) is 4.24. The van der Waals surface area contributed by atoms with Crippen LogP contribution in [-0.4, -0.2) is 33.3 Å². The van der Waals surface area contributed by atoms with E-state index < -0.39 is 0 Å². The van der Waals surface area contributed by atoms with Gasteiger partial charge in [0.15, 0.2) is 0 Å². The Morgan fingerprint density at radius 1 is 1.36 bits per heavy atom. The normalized spacial score (nSPS) is 19.1. The molecule has 0 bridgehead atoms. The smallest absolute Gasteiger partial charge is 0.259 e. The molecule has 136 valence electrons. The van der Waals surface area contributed by atoms with Crippen molar-refractivity contribution in [3.05, 3.63) is 36.1 Å². The van der Waals surface area contributed by atoms with Gasteiger partial charge in [-0.1, -0.05) is 47.1 Å². The quantitative estimate of drug-likeness (QED) is 0.859. The topological polar surface area (TPSA) is 70.5 Å². The third kappa shape index (κ3) is 5.11. The molecule has 2 atom stereocenters. The van der Waals surface area contributed by atoms with Gasteiger partial charge in [0.25, 0.3) is 5.91 Å². The number of carbonyl (C=O) groups excluding carboxylic acids is 1. The van der Waals surface area contributed by atoms with Gasteiger partial charge in [0.2, 0.25) is 0 Å². The predicted molar refractivity (Wildman–Crippen MR) is 99.8 cm³/mol. The average Bonchev–Trinajstić information content (AvgIpc) is 2.94. The van der Waals surface area contributed by atoms with Crippen LogP contribution < -0.4 is 5.32 Å². The van der Waals surface area contributed by atoms with Crippen molar-refractivity contribution in [2.45, 2.75) is 47.5 Å². The molecule has 1 aromatic rings. The highest BCUT2D eigenvalue weighted by atomic mass is 16.1. The molecule has 0 saturated heterocycles. The van der Waals surface area contributed by atoms with E-state index in [1.54, 1.807) is 0 Å². The van der Waals surface area contributed by atoms with Gasteiger partial charge in [0.05, 0.1) is 12.1 Å². The SMILES string of the molecule is CCC[C@@H](C)/C(=C\C(C)C)N1C[C@H](C)C(NC(=O)c2cncnc2)=N1. The van der Waals surface area contributed by atoms with Crippen molar-refractivity contribution in [1.82, 2.24) is 20.3 Å². The highest BCUT2D eigenvalue weighted by Gasteiger charge is 2.28. The maximum absolute atomic E-state index is 12.3. The summed E-state index contributed by atoms with van der Waals surface area (Å²) >= 11 is 0. The lowest BCUT2D eigenvalue weighted by atomic mass is 9.98. The molecule has 6 nitrogen and oxygen atoms in total. The number of hydrogen-bond acceptors (Lipinski definition) is 5. The first-order chi connectivity index (χ1) is 11.9. The first-order valence-electron chi connectivity index (χ1n) is 9.06. The van der Waals surface area contributed by atoms with E-state index in [0.717, 1.165) is 19.4 Å². The molecule has 0 fully saturated rings. The Bertz CT molecular complexity index is 638. The summed E-state index contributed by atoms with van der Waals surface area (Å²) in [6.45, 7) is 11.7. The maximum atomic E-state index is 12.3. The highest BCUT2D eigenvalue weighted by molar-refractivity contribution is 6.07. The number of rotatable bonds is 6. The first kappa shape index (κ1) is 19.1. The lowest BCUT2D eigenvalue weighted by Gasteiger charge is -2.25. The van der Waals surface area contributed by atoms with Crippen molar-refractivity contribution in [3.63, 3.8) is 0 Å². The molecule has 0 aromatic carbocycles. The van der Waals surface area contributed by atoms with Gasteiger partial charge in [-0.05, 0) is 18.3 Å². The third-order valence-electron chi connectivity index (χ3n) is 4.24. The summed E-state index contributed by atoms with van der Waals surface area (Å²) in [6.07, 6.45) is 8.98. The van der Waals surface area contributed by atoms with E-state index in [1.165, 1.54) is 24.4 Å². The second-order valence-corrected chi connectivity index (χ2v) is 7.07. The van der Waals surface area contributed by atoms with E-state index in [2.05, 4.69) is 61.0 Å². The van der Waals surface area contributed by atoms with Gasteiger partial charge in [-0.25, -0.2) is 9.97 Å². The number of nitrogens with one attached hydrogen (secondary N) is 1.